The van der Waals surface area contributed by atoms with Crippen molar-refractivity contribution in [3.63, 3.8) is 0 Å². The average molecular weight is 388 g/mol. The molecule has 1 heterocycles. The van der Waals surface area contributed by atoms with Crippen LogP contribution in [0.3, 0.4) is 0 Å². The molecule has 3 rings (SSSR count). The number of rotatable bonds is 2. The first kappa shape index (κ1) is 18.2. The van der Waals surface area contributed by atoms with E-state index in [4.69, 9.17) is 11.6 Å². The standard InChI is InChI=1S/C17H7ClF5NO2/c18-9-5-8(17(21,22)23)6-24-12(9)3-7-4-13(25)14-10(19)1-2-11(20)15(14)16(7)26/h1-2,4-6H,3H2. The van der Waals surface area contributed by atoms with Gasteiger partial charge in [-0.3, -0.25) is 14.6 Å². The smallest absolute Gasteiger partial charge is 0.289 e. The summed E-state index contributed by atoms with van der Waals surface area (Å²) in [6.45, 7) is 0. The molecule has 26 heavy (non-hydrogen) atoms. The quantitative estimate of drug-likeness (QED) is 0.709. The van der Waals surface area contributed by atoms with Gasteiger partial charge in [-0.2, -0.15) is 13.2 Å². The van der Waals surface area contributed by atoms with Crippen molar-refractivity contribution < 1.29 is 31.5 Å². The van der Waals surface area contributed by atoms with Crippen LogP contribution in [-0.2, 0) is 12.6 Å². The molecule has 3 nitrogen and oxygen atoms in total. The highest BCUT2D eigenvalue weighted by Gasteiger charge is 2.33. The van der Waals surface area contributed by atoms with Crippen molar-refractivity contribution in [1.29, 1.82) is 0 Å². The van der Waals surface area contributed by atoms with Gasteiger partial charge in [-0.1, -0.05) is 11.6 Å². The number of pyridine rings is 1. The molecule has 0 atom stereocenters. The first-order chi connectivity index (χ1) is 12.1. The Bertz CT molecular complexity index is 982. The fraction of sp³-hybridized carbons (Fsp3) is 0.118. The van der Waals surface area contributed by atoms with Gasteiger partial charge in [0.2, 0.25) is 0 Å². The maximum Gasteiger partial charge on any atom is 0.417 e. The second-order valence-corrected chi connectivity index (χ2v) is 5.88. The summed E-state index contributed by atoms with van der Waals surface area (Å²) in [6, 6.07) is 2.08. The molecular formula is C17H7ClF5NO2. The Morgan fingerprint density at radius 2 is 1.65 bits per heavy atom. The fourth-order valence-corrected chi connectivity index (χ4v) is 2.77. The third-order valence-corrected chi connectivity index (χ3v) is 4.10. The topological polar surface area (TPSA) is 47.0 Å². The Kier molecular flexibility index (Phi) is 4.39. The summed E-state index contributed by atoms with van der Waals surface area (Å²) in [7, 11) is 0. The maximum absolute atomic E-state index is 13.9. The van der Waals surface area contributed by atoms with Crippen LogP contribution in [-0.4, -0.2) is 16.6 Å². The van der Waals surface area contributed by atoms with E-state index in [9.17, 15) is 31.5 Å². The van der Waals surface area contributed by atoms with Crippen molar-refractivity contribution in [2.75, 3.05) is 0 Å². The lowest BCUT2D eigenvalue weighted by atomic mass is 9.86. The van der Waals surface area contributed by atoms with E-state index in [-0.39, 0.29) is 16.3 Å². The van der Waals surface area contributed by atoms with Crippen molar-refractivity contribution in [2.24, 2.45) is 0 Å². The molecule has 0 N–H and O–H groups in total. The van der Waals surface area contributed by atoms with Crippen molar-refractivity contribution in [1.82, 2.24) is 4.98 Å². The first-order valence-electron chi connectivity index (χ1n) is 7.09. The van der Waals surface area contributed by atoms with Crippen LogP contribution in [0, 0.1) is 11.6 Å². The SMILES string of the molecule is O=C1C=C(Cc2ncc(C(F)(F)F)cc2Cl)C(=O)c2c(F)ccc(F)c21. The van der Waals surface area contributed by atoms with Gasteiger partial charge in [-0.05, 0) is 24.3 Å². The van der Waals surface area contributed by atoms with Gasteiger partial charge >= 0.3 is 6.18 Å². The highest BCUT2D eigenvalue weighted by molar-refractivity contribution is 6.31. The number of halogens is 6. The highest BCUT2D eigenvalue weighted by atomic mass is 35.5. The second-order valence-electron chi connectivity index (χ2n) is 5.47. The van der Waals surface area contributed by atoms with Gasteiger partial charge in [0.15, 0.2) is 11.6 Å². The minimum atomic E-state index is -4.65. The molecule has 0 fully saturated rings. The number of ketones is 2. The highest BCUT2D eigenvalue weighted by Crippen LogP contribution is 2.33. The minimum Gasteiger partial charge on any atom is -0.289 e. The molecule has 2 aromatic rings. The predicted molar refractivity (Wildman–Crippen MR) is 81.1 cm³/mol. The Labute approximate surface area is 148 Å². The maximum atomic E-state index is 13.9. The number of hydrogen-bond acceptors (Lipinski definition) is 3. The number of nitrogens with zero attached hydrogens (tertiary/aromatic N) is 1. The van der Waals surface area contributed by atoms with E-state index in [1.165, 1.54) is 0 Å². The number of aromatic nitrogens is 1. The van der Waals surface area contributed by atoms with Crippen LogP contribution < -0.4 is 0 Å². The zero-order valence-corrected chi connectivity index (χ0v) is 13.4. The molecule has 134 valence electrons. The molecule has 0 bridgehead atoms. The van der Waals surface area contributed by atoms with Crippen LogP contribution in [0.25, 0.3) is 0 Å². The number of carbonyl (C=O) groups excluding carboxylic acids is 2. The second kappa shape index (κ2) is 6.28. The summed E-state index contributed by atoms with van der Waals surface area (Å²) < 4.78 is 65.6. The molecule has 1 aromatic carbocycles. The Hall–Kier alpha value is -2.61. The van der Waals surface area contributed by atoms with E-state index in [1.54, 1.807) is 0 Å². The summed E-state index contributed by atoms with van der Waals surface area (Å²) in [5, 5.41) is -0.369. The van der Waals surface area contributed by atoms with Crippen molar-refractivity contribution in [3.8, 4) is 0 Å². The van der Waals surface area contributed by atoms with Crippen LogP contribution in [0.15, 0.2) is 36.0 Å². The fourth-order valence-electron chi connectivity index (χ4n) is 2.53. The molecule has 0 radical (unpaired) electrons. The zero-order chi connectivity index (χ0) is 19.2. The van der Waals surface area contributed by atoms with Crippen LogP contribution in [0.1, 0.15) is 32.0 Å². The van der Waals surface area contributed by atoms with Gasteiger partial charge in [0.05, 0.1) is 27.4 Å². The summed E-state index contributed by atoms with van der Waals surface area (Å²) in [6.07, 6.45) is -3.71. The van der Waals surface area contributed by atoms with Crippen LogP contribution >= 0.6 is 11.6 Å². The number of benzene rings is 1. The monoisotopic (exact) mass is 387 g/mol. The molecule has 0 unspecified atom stereocenters. The van der Waals surface area contributed by atoms with Crippen molar-refractivity contribution in [2.45, 2.75) is 12.6 Å². The number of Topliss-reactive ketones (excluding diaryl/α,β-unsaturated/α-hetero) is 1. The summed E-state index contributed by atoms with van der Waals surface area (Å²) in [4.78, 5) is 28.0. The number of hydrogen-bond donors (Lipinski definition) is 0. The van der Waals surface area contributed by atoms with Gasteiger partial charge in [-0.25, -0.2) is 8.78 Å². The molecule has 0 saturated carbocycles. The number of allylic oxidation sites excluding steroid dienone is 2. The van der Waals surface area contributed by atoms with Gasteiger partial charge in [0.25, 0.3) is 0 Å². The van der Waals surface area contributed by atoms with Crippen LogP contribution in [0.5, 0.6) is 0 Å². The minimum absolute atomic E-state index is 0.104. The largest absolute Gasteiger partial charge is 0.417 e. The lowest BCUT2D eigenvalue weighted by Crippen LogP contribution is -2.22. The van der Waals surface area contributed by atoms with E-state index < -0.39 is 52.5 Å². The zero-order valence-electron chi connectivity index (χ0n) is 12.6. The van der Waals surface area contributed by atoms with Gasteiger partial charge in [0.1, 0.15) is 11.6 Å². The van der Waals surface area contributed by atoms with Gasteiger partial charge in [-0.15, -0.1) is 0 Å². The molecular weight excluding hydrogens is 381 g/mol. The molecule has 0 amide bonds. The lowest BCUT2D eigenvalue weighted by Gasteiger charge is -2.17. The predicted octanol–water partition coefficient (Wildman–Crippen LogP) is 4.58. The Balaban J connectivity index is 1.99. The molecule has 9 heteroatoms. The molecule has 1 aromatic heterocycles. The van der Waals surface area contributed by atoms with E-state index >= 15 is 0 Å². The molecule has 1 aliphatic carbocycles. The first-order valence-corrected chi connectivity index (χ1v) is 7.46. The van der Waals surface area contributed by atoms with E-state index in [0.717, 1.165) is 12.1 Å². The molecule has 0 saturated heterocycles. The van der Waals surface area contributed by atoms with Crippen LogP contribution in [0.4, 0.5) is 22.0 Å². The summed E-state index contributed by atoms with van der Waals surface area (Å²) in [5.74, 6) is -3.98. The summed E-state index contributed by atoms with van der Waals surface area (Å²) >= 11 is 5.78. The third-order valence-electron chi connectivity index (χ3n) is 3.78. The van der Waals surface area contributed by atoms with Gasteiger partial charge in [0, 0.05) is 18.2 Å². The Morgan fingerprint density at radius 3 is 2.23 bits per heavy atom. The van der Waals surface area contributed by atoms with Crippen molar-refractivity contribution >= 4 is 23.2 Å². The normalized spacial score (nSPS) is 14.3. The average Bonchev–Trinajstić information content (AvgIpc) is 2.55. The number of carbonyl (C=O) groups is 2. The number of fused-ring (bicyclic) bond motifs is 1. The van der Waals surface area contributed by atoms with Gasteiger partial charge < -0.3 is 0 Å². The molecule has 1 aliphatic rings. The van der Waals surface area contributed by atoms with Crippen molar-refractivity contribution in [3.05, 3.63) is 75.1 Å². The Morgan fingerprint density at radius 1 is 1.04 bits per heavy atom. The van der Waals surface area contributed by atoms with E-state index in [0.29, 0.717) is 18.3 Å². The third kappa shape index (κ3) is 3.12. The lowest BCUT2D eigenvalue weighted by molar-refractivity contribution is -0.137. The van der Waals surface area contributed by atoms with E-state index in [1.807, 2.05) is 0 Å². The number of alkyl halides is 3. The molecule has 0 spiro atoms. The summed E-state index contributed by atoms with van der Waals surface area (Å²) in [5.41, 5.74) is -2.82. The van der Waals surface area contributed by atoms with E-state index in [2.05, 4.69) is 4.98 Å². The van der Waals surface area contributed by atoms with Crippen LogP contribution in [0.2, 0.25) is 5.02 Å². The molecule has 0 aliphatic heterocycles.